The van der Waals surface area contributed by atoms with E-state index in [2.05, 4.69) is 41.4 Å². The van der Waals surface area contributed by atoms with Crippen LogP contribution in [0.5, 0.6) is 10.9 Å². The highest BCUT2D eigenvalue weighted by atomic mass is 79.9. The van der Waals surface area contributed by atoms with Gasteiger partial charge in [0.2, 0.25) is 5.13 Å². The Labute approximate surface area is 197 Å². The lowest BCUT2D eigenvalue weighted by molar-refractivity contribution is 0.0531. The number of methoxy groups -OCH3 is 1. The Morgan fingerprint density at radius 2 is 2.06 bits per heavy atom. The van der Waals surface area contributed by atoms with Crippen LogP contribution in [0.1, 0.15) is 41.7 Å². The molecule has 3 aromatic rings. The van der Waals surface area contributed by atoms with E-state index in [1.165, 1.54) is 6.20 Å². The summed E-state index contributed by atoms with van der Waals surface area (Å²) in [7, 11) is 1.55. The molecule has 1 aliphatic rings. The molecule has 1 amide bonds. The van der Waals surface area contributed by atoms with Crippen molar-refractivity contribution in [1.82, 2.24) is 20.2 Å². The number of carbonyl (C=O) groups is 1. The molecule has 3 aromatic heterocycles. The fraction of sp³-hybridized carbons (Fsp3) is 0.381. The van der Waals surface area contributed by atoms with Crippen LogP contribution in [0.2, 0.25) is 0 Å². The third-order valence-corrected chi connectivity index (χ3v) is 6.29. The highest BCUT2D eigenvalue weighted by Gasteiger charge is 2.24. The number of anilines is 1. The predicted octanol–water partition coefficient (Wildman–Crippen LogP) is 4.01. The first-order chi connectivity index (χ1) is 15.4. The zero-order valence-corrected chi connectivity index (χ0v) is 19.9. The standard InChI is InChI=1S/C21H22BrN5O4S/c1-11-6-14(15-8-18(22)24-10-17(15)30-2)16(9-23-11)19(29)25-20-26-27-21(32-20)31-13-5-3-4-12(28)7-13/h6,8-10,12-13,28H,3-5,7H2,1-2H3,(H,25,26,29)/t12-,13-/m0/s1. The topological polar surface area (TPSA) is 119 Å². The maximum atomic E-state index is 13.1. The SMILES string of the molecule is COc1cnc(Br)cc1-c1cc(C)ncc1C(=O)Nc1nnc(O[C@H]2CCC[C@H](O)C2)s1. The molecule has 0 radical (unpaired) electrons. The van der Waals surface area contributed by atoms with Gasteiger partial charge in [-0.1, -0.05) is 5.10 Å². The molecule has 168 valence electrons. The zero-order valence-electron chi connectivity index (χ0n) is 17.5. The number of aliphatic hydroxyl groups is 1. The summed E-state index contributed by atoms with van der Waals surface area (Å²) in [5.74, 6) is 0.160. The minimum atomic E-state index is -0.377. The molecule has 0 bridgehead atoms. The van der Waals surface area contributed by atoms with Gasteiger partial charge in [0.1, 0.15) is 16.5 Å². The van der Waals surface area contributed by atoms with Crippen molar-refractivity contribution in [3.8, 4) is 22.1 Å². The molecule has 3 heterocycles. The predicted molar refractivity (Wildman–Crippen MR) is 123 cm³/mol. The first-order valence-electron chi connectivity index (χ1n) is 10.1. The van der Waals surface area contributed by atoms with Gasteiger partial charge in [0.25, 0.3) is 11.1 Å². The smallest absolute Gasteiger partial charge is 0.296 e. The molecule has 4 rings (SSSR count). The molecule has 0 unspecified atom stereocenters. The number of aryl methyl sites for hydroxylation is 1. The number of ether oxygens (including phenoxy) is 2. The number of aromatic nitrogens is 4. The van der Waals surface area contributed by atoms with Gasteiger partial charge in [-0.05, 0) is 65.6 Å². The van der Waals surface area contributed by atoms with E-state index in [0.717, 1.165) is 36.3 Å². The van der Waals surface area contributed by atoms with Crippen LogP contribution in [0.15, 0.2) is 29.1 Å². The third kappa shape index (κ3) is 5.22. The molecule has 0 aliphatic heterocycles. The Kier molecular flexibility index (Phi) is 6.97. The van der Waals surface area contributed by atoms with Crippen LogP contribution in [0.25, 0.3) is 11.1 Å². The van der Waals surface area contributed by atoms with Gasteiger partial charge in [0.15, 0.2) is 0 Å². The summed E-state index contributed by atoms with van der Waals surface area (Å²) in [5, 5.41) is 21.3. The molecule has 0 saturated heterocycles. The second-order valence-electron chi connectivity index (χ2n) is 7.47. The maximum Gasteiger partial charge on any atom is 0.296 e. The van der Waals surface area contributed by atoms with Gasteiger partial charge >= 0.3 is 0 Å². The first-order valence-corrected chi connectivity index (χ1v) is 11.7. The van der Waals surface area contributed by atoms with E-state index >= 15 is 0 Å². The van der Waals surface area contributed by atoms with Gasteiger partial charge in [-0.3, -0.25) is 15.1 Å². The van der Waals surface area contributed by atoms with Crippen molar-refractivity contribution in [3.05, 3.63) is 40.4 Å². The monoisotopic (exact) mass is 519 g/mol. The Bertz CT molecular complexity index is 1130. The number of pyridine rings is 2. The fourth-order valence-electron chi connectivity index (χ4n) is 3.60. The Morgan fingerprint density at radius 1 is 1.22 bits per heavy atom. The summed E-state index contributed by atoms with van der Waals surface area (Å²) in [4.78, 5) is 21.6. The first kappa shape index (κ1) is 22.6. The summed E-state index contributed by atoms with van der Waals surface area (Å²) in [6.45, 7) is 1.85. The van der Waals surface area contributed by atoms with Crippen LogP contribution in [0, 0.1) is 6.92 Å². The highest BCUT2D eigenvalue weighted by molar-refractivity contribution is 9.10. The minimum Gasteiger partial charge on any atom is -0.494 e. The van der Waals surface area contributed by atoms with Crippen LogP contribution < -0.4 is 14.8 Å². The number of hydrogen-bond donors (Lipinski definition) is 2. The van der Waals surface area contributed by atoms with Gasteiger partial charge in [-0.25, -0.2) is 4.98 Å². The molecule has 2 N–H and O–H groups in total. The van der Waals surface area contributed by atoms with Gasteiger partial charge in [-0.15, -0.1) is 5.10 Å². The maximum absolute atomic E-state index is 13.1. The molecule has 1 aliphatic carbocycles. The lowest BCUT2D eigenvalue weighted by Crippen LogP contribution is -2.28. The lowest BCUT2D eigenvalue weighted by Gasteiger charge is -2.25. The van der Waals surface area contributed by atoms with Crippen molar-refractivity contribution in [2.24, 2.45) is 0 Å². The van der Waals surface area contributed by atoms with Crippen LogP contribution in [-0.4, -0.2) is 50.5 Å². The molecule has 32 heavy (non-hydrogen) atoms. The molecule has 1 fully saturated rings. The van der Waals surface area contributed by atoms with E-state index < -0.39 is 0 Å². The summed E-state index contributed by atoms with van der Waals surface area (Å²) in [6, 6.07) is 3.61. The summed E-state index contributed by atoms with van der Waals surface area (Å²) >= 11 is 4.52. The van der Waals surface area contributed by atoms with Crippen molar-refractivity contribution < 1.29 is 19.4 Å². The van der Waals surface area contributed by atoms with E-state index in [-0.39, 0.29) is 18.1 Å². The third-order valence-electron chi connectivity index (χ3n) is 5.12. The number of rotatable bonds is 6. The molecule has 11 heteroatoms. The fourth-order valence-corrected chi connectivity index (χ4v) is 4.58. The summed E-state index contributed by atoms with van der Waals surface area (Å²) < 4.78 is 11.9. The average molecular weight is 520 g/mol. The molecular formula is C21H22BrN5O4S. The Morgan fingerprint density at radius 3 is 2.84 bits per heavy atom. The van der Waals surface area contributed by atoms with Crippen molar-refractivity contribution in [2.45, 2.75) is 44.8 Å². The van der Waals surface area contributed by atoms with Crippen LogP contribution in [0.3, 0.4) is 0 Å². The van der Waals surface area contributed by atoms with E-state index in [0.29, 0.717) is 43.8 Å². The van der Waals surface area contributed by atoms with Gasteiger partial charge in [0, 0.05) is 29.4 Å². The number of carbonyl (C=O) groups excluding carboxylic acids is 1. The number of nitrogens with zero attached hydrogens (tertiary/aromatic N) is 4. The van der Waals surface area contributed by atoms with Crippen LogP contribution >= 0.6 is 27.3 Å². The van der Waals surface area contributed by atoms with E-state index in [1.807, 2.05) is 13.0 Å². The second-order valence-corrected chi connectivity index (χ2v) is 9.22. The van der Waals surface area contributed by atoms with Crippen molar-refractivity contribution in [1.29, 1.82) is 0 Å². The molecular weight excluding hydrogens is 498 g/mol. The Hall–Kier alpha value is -2.63. The number of hydrogen-bond acceptors (Lipinski definition) is 9. The number of amides is 1. The average Bonchev–Trinajstić information content (AvgIpc) is 3.20. The molecule has 0 spiro atoms. The van der Waals surface area contributed by atoms with Crippen LogP contribution in [0.4, 0.5) is 5.13 Å². The summed E-state index contributed by atoms with van der Waals surface area (Å²) in [5.41, 5.74) is 2.49. The second kappa shape index (κ2) is 9.88. The molecule has 0 aromatic carbocycles. The number of aliphatic hydroxyl groups excluding tert-OH is 1. The summed E-state index contributed by atoms with van der Waals surface area (Å²) in [6.07, 6.45) is 5.81. The van der Waals surface area contributed by atoms with E-state index in [4.69, 9.17) is 9.47 Å². The van der Waals surface area contributed by atoms with E-state index in [9.17, 15) is 9.90 Å². The lowest BCUT2D eigenvalue weighted by atomic mass is 9.95. The minimum absolute atomic E-state index is 0.0965. The quantitative estimate of drug-likeness (QED) is 0.468. The van der Waals surface area contributed by atoms with Crippen molar-refractivity contribution in [3.63, 3.8) is 0 Å². The zero-order chi connectivity index (χ0) is 22.7. The number of nitrogens with one attached hydrogen (secondary N) is 1. The van der Waals surface area contributed by atoms with Crippen molar-refractivity contribution >= 4 is 38.3 Å². The Balaban J connectivity index is 1.55. The van der Waals surface area contributed by atoms with Gasteiger partial charge in [0.05, 0.1) is 25.0 Å². The molecule has 9 nitrogen and oxygen atoms in total. The molecule has 1 saturated carbocycles. The van der Waals surface area contributed by atoms with Crippen LogP contribution in [-0.2, 0) is 0 Å². The van der Waals surface area contributed by atoms with E-state index in [1.54, 1.807) is 19.4 Å². The van der Waals surface area contributed by atoms with Crippen molar-refractivity contribution in [2.75, 3.05) is 12.4 Å². The number of halogens is 1. The molecule has 2 atom stereocenters. The largest absolute Gasteiger partial charge is 0.494 e. The van der Waals surface area contributed by atoms with Gasteiger partial charge < -0.3 is 14.6 Å². The van der Waals surface area contributed by atoms with Gasteiger partial charge in [-0.2, -0.15) is 0 Å². The highest BCUT2D eigenvalue weighted by Crippen LogP contribution is 2.34. The normalized spacial score (nSPS) is 18.2.